The van der Waals surface area contributed by atoms with E-state index in [2.05, 4.69) is 64.7 Å². The fraction of sp³-hybridized carbons (Fsp3) is 0.469. The molecule has 3 heterocycles. The lowest BCUT2D eigenvalue weighted by atomic mass is 9.62. The molecule has 0 unspecified atom stereocenters. The second-order valence-electron chi connectivity index (χ2n) is 11.4. The van der Waals surface area contributed by atoms with Gasteiger partial charge in [-0.15, -0.1) is 0 Å². The highest BCUT2D eigenvalue weighted by molar-refractivity contribution is 5.69. The van der Waals surface area contributed by atoms with E-state index in [1.54, 1.807) is 0 Å². The van der Waals surface area contributed by atoms with Crippen molar-refractivity contribution in [1.82, 2.24) is 9.80 Å². The van der Waals surface area contributed by atoms with Crippen molar-refractivity contribution in [3.05, 3.63) is 89.3 Å². The second-order valence-corrected chi connectivity index (χ2v) is 11.4. The number of nitrogens with zero attached hydrogens (tertiary/aromatic N) is 3. The number of benzene rings is 2. The topological polar surface area (TPSA) is 42.3 Å². The predicted octanol–water partition coefficient (Wildman–Crippen LogP) is 6.10. The lowest BCUT2D eigenvalue weighted by Crippen LogP contribution is -2.47. The molecule has 0 bridgehead atoms. The molecule has 2 aromatic carbocycles. The fourth-order valence-corrected chi connectivity index (χ4v) is 6.95. The zero-order valence-electron chi connectivity index (χ0n) is 21.5. The van der Waals surface area contributed by atoms with Crippen LogP contribution in [0.2, 0.25) is 0 Å². The van der Waals surface area contributed by atoms with Gasteiger partial charge in [0.15, 0.2) is 0 Å². The van der Waals surface area contributed by atoms with Gasteiger partial charge in [-0.3, -0.25) is 0 Å². The number of piperidine rings is 1. The molecule has 1 saturated carbocycles. The number of likely N-dealkylation sites (tertiary alicyclic amines) is 2. The Morgan fingerprint density at radius 1 is 0.972 bits per heavy atom. The molecule has 0 aromatic heterocycles. The third kappa shape index (κ3) is 3.76. The number of anilines is 1. The summed E-state index contributed by atoms with van der Waals surface area (Å²) in [7, 11) is 0. The number of fused-ring (bicyclic) bond motifs is 2. The Bertz CT molecular complexity index is 1200. The van der Waals surface area contributed by atoms with Gasteiger partial charge in [0.25, 0.3) is 0 Å². The van der Waals surface area contributed by atoms with Crippen LogP contribution in [0.4, 0.5) is 5.69 Å². The van der Waals surface area contributed by atoms with E-state index in [4.69, 9.17) is 0 Å². The van der Waals surface area contributed by atoms with Gasteiger partial charge < -0.3 is 15.1 Å². The summed E-state index contributed by atoms with van der Waals surface area (Å²) < 4.78 is 0. The third-order valence-electron chi connectivity index (χ3n) is 9.68. The number of hydrogen-bond acceptors (Lipinski definition) is 4. The van der Waals surface area contributed by atoms with Crippen LogP contribution < -0.4 is 5.32 Å². The molecule has 4 nitrogen and oxygen atoms in total. The first kappa shape index (κ1) is 23.4. The molecule has 3 aliphatic heterocycles. The normalized spacial score (nSPS) is 21.8. The monoisotopic (exact) mass is 478 g/mol. The Morgan fingerprint density at radius 2 is 1.72 bits per heavy atom. The van der Waals surface area contributed by atoms with E-state index in [0.717, 1.165) is 55.8 Å². The molecule has 36 heavy (non-hydrogen) atoms. The van der Waals surface area contributed by atoms with E-state index >= 15 is 0 Å². The summed E-state index contributed by atoms with van der Waals surface area (Å²) >= 11 is 0. The Hall–Kier alpha value is -3.03. The van der Waals surface area contributed by atoms with Crippen LogP contribution in [0.5, 0.6) is 0 Å². The Morgan fingerprint density at radius 3 is 2.33 bits per heavy atom. The molecule has 2 saturated heterocycles. The highest BCUT2D eigenvalue weighted by atomic mass is 15.2. The van der Waals surface area contributed by atoms with E-state index in [1.807, 2.05) is 12.1 Å². The van der Waals surface area contributed by atoms with Gasteiger partial charge in [-0.2, -0.15) is 5.26 Å². The molecule has 1 aliphatic carbocycles. The van der Waals surface area contributed by atoms with Crippen molar-refractivity contribution in [3.8, 4) is 6.07 Å². The quantitative estimate of drug-likeness (QED) is 0.522. The maximum atomic E-state index is 9.38. The van der Waals surface area contributed by atoms with Gasteiger partial charge in [-0.25, -0.2) is 0 Å². The van der Waals surface area contributed by atoms with Crippen LogP contribution in [0, 0.1) is 11.3 Å². The number of nitriles is 1. The molecule has 0 amide bonds. The number of hydrogen-bond donors (Lipinski definition) is 1. The third-order valence-corrected chi connectivity index (χ3v) is 9.68. The first-order chi connectivity index (χ1) is 17.5. The average Bonchev–Trinajstić information content (AvgIpc) is 3.10. The Labute approximate surface area is 216 Å². The van der Waals surface area contributed by atoms with Crippen molar-refractivity contribution in [2.24, 2.45) is 0 Å². The van der Waals surface area contributed by atoms with Gasteiger partial charge in [0, 0.05) is 41.0 Å². The smallest absolute Gasteiger partial charge is 0.0991 e. The average molecular weight is 479 g/mol. The lowest BCUT2D eigenvalue weighted by Gasteiger charge is -2.50. The summed E-state index contributed by atoms with van der Waals surface area (Å²) in [4.78, 5) is 5.10. The number of rotatable bonds is 7. The lowest BCUT2D eigenvalue weighted by molar-refractivity contribution is 0.156. The Balaban J connectivity index is 1.03. The number of aryl methyl sites for hydroxylation is 1. The zero-order chi connectivity index (χ0) is 24.8. The molecule has 6 rings (SSSR count). The molecule has 186 valence electrons. The zero-order valence-corrected chi connectivity index (χ0v) is 21.5. The standard InChI is InChI=1S/C32H38N4/c1-24-31(29-22-27(23-33)9-12-30(29)34-24)15-20-35(21-16-31)17-3-6-26-7-10-28(11-8-26)32(13-4-14-32)25(2)36-18-5-19-36/h7-12,22,34H,1-6,13-21H2. The second kappa shape index (κ2) is 9.12. The van der Waals surface area contributed by atoms with Crippen molar-refractivity contribution in [3.63, 3.8) is 0 Å². The summed E-state index contributed by atoms with van der Waals surface area (Å²) in [6.07, 6.45) is 9.59. The van der Waals surface area contributed by atoms with Crippen molar-refractivity contribution in [1.29, 1.82) is 5.26 Å². The van der Waals surface area contributed by atoms with E-state index < -0.39 is 0 Å². The minimum atomic E-state index is -0.0218. The van der Waals surface area contributed by atoms with Gasteiger partial charge >= 0.3 is 0 Å². The molecular formula is C32H38N4. The molecule has 1 spiro atoms. The summed E-state index contributed by atoms with van der Waals surface area (Å²) in [5.41, 5.74) is 8.71. The van der Waals surface area contributed by atoms with Crippen LogP contribution in [0.15, 0.2) is 67.0 Å². The highest BCUT2D eigenvalue weighted by Gasteiger charge is 2.45. The first-order valence-electron chi connectivity index (χ1n) is 13.8. The highest BCUT2D eigenvalue weighted by Crippen LogP contribution is 2.51. The van der Waals surface area contributed by atoms with Crippen LogP contribution in [-0.4, -0.2) is 42.5 Å². The summed E-state index contributed by atoms with van der Waals surface area (Å²) in [5.74, 6) is 0. The summed E-state index contributed by atoms with van der Waals surface area (Å²) in [6.45, 7) is 14.6. The summed E-state index contributed by atoms with van der Waals surface area (Å²) in [6, 6.07) is 17.8. The van der Waals surface area contributed by atoms with Crippen molar-refractivity contribution < 1.29 is 0 Å². The predicted molar refractivity (Wildman–Crippen MR) is 147 cm³/mol. The largest absolute Gasteiger partial charge is 0.374 e. The van der Waals surface area contributed by atoms with Crippen molar-refractivity contribution in [2.45, 2.75) is 62.2 Å². The maximum Gasteiger partial charge on any atom is 0.0991 e. The van der Waals surface area contributed by atoms with E-state index in [-0.39, 0.29) is 10.8 Å². The van der Waals surface area contributed by atoms with Gasteiger partial charge in [0.05, 0.1) is 11.6 Å². The van der Waals surface area contributed by atoms with Crippen LogP contribution in [0.1, 0.15) is 67.2 Å². The van der Waals surface area contributed by atoms with Crippen LogP contribution in [-0.2, 0) is 17.3 Å². The maximum absolute atomic E-state index is 9.38. The van der Waals surface area contributed by atoms with Gasteiger partial charge in [-0.1, -0.05) is 43.8 Å². The SMILES string of the molecule is C=C(N1CCC1)C1(c2ccc(CCCN3CCC4(CC3)C(=C)Nc3ccc(C#N)cc34)cc2)CCC1. The molecule has 1 N–H and O–H groups in total. The Kier molecular flexibility index (Phi) is 5.92. The van der Waals surface area contributed by atoms with Crippen LogP contribution in [0.25, 0.3) is 0 Å². The number of allylic oxidation sites excluding steroid dienone is 2. The fourth-order valence-electron chi connectivity index (χ4n) is 6.95. The molecular weight excluding hydrogens is 440 g/mol. The van der Waals surface area contributed by atoms with Crippen molar-refractivity contribution >= 4 is 5.69 Å². The molecule has 3 fully saturated rings. The van der Waals surface area contributed by atoms with Crippen LogP contribution >= 0.6 is 0 Å². The van der Waals surface area contributed by atoms with Gasteiger partial charge in [-0.05, 0) is 99.5 Å². The minimum Gasteiger partial charge on any atom is -0.374 e. The van der Waals surface area contributed by atoms with E-state index in [9.17, 15) is 5.26 Å². The van der Waals surface area contributed by atoms with Gasteiger partial charge in [0.1, 0.15) is 0 Å². The van der Waals surface area contributed by atoms with Crippen molar-refractivity contribution in [2.75, 3.05) is 38.0 Å². The molecule has 2 aromatic rings. The molecule has 0 radical (unpaired) electrons. The molecule has 4 heteroatoms. The minimum absolute atomic E-state index is 0.0218. The molecule has 4 aliphatic rings. The van der Waals surface area contributed by atoms with E-state index in [0.29, 0.717) is 0 Å². The summed E-state index contributed by atoms with van der Waals surface area (Å²) in [5, 5.41) is 12.9. The van der Waals surface area contributed by atoms with Crippen LogP contribution in [0.3, 0.4) is 0 Å². The van der Waals surface area contributed by atoms with E-state index in [1.165, 1.54) is 67.6 Å². The molecule has 0 atom stereocenters. The number of nitrogens with one attached hydrogen (secondary N) is 1. The van der Waals surface area contributed by atoms with Gasteiger partial charge in [0.2, 0.25) is 0 Å². The first-order valence-corrected chi connectivity index (χ1v) is 13.8.